The van der Waals surface area contributed by atoms with Crippen LogP contribution in [0.4, 0.5) is 0 Å². The molecule has 1 aliphatic heterocycles. The molecule has 1 unspecified atom stereocenters. The van der Waals surface area contributed by atoms with E-state index in [1.54, 1.807) is 9.80 Å². The molecular weight excluding hydrogens is 326 g/mol. The molecule has 1 atom stereocenters. The van der Waals surface area contributed by atoms with E-state index in [1.165, 1.54) is 18.3 Å². The maximum atomic E-state index is 12.7. The highest BCUT2D eigenvalue weighted by atomic mass is 32.1. The van der Waals surface area contributed by atoms with Crippen molar-refractivity contribution in [2.45, 2.75) is 13.0 Å². The van der Waals surface area contributed by atoms with Crippen LogP contribution in [0.1, 0.15) is 16.7 Å². The lowest BCUT2D eigenvalue weighted by Crippen LogP contribution is -2.37. The molecule has 2 heterocycles. The van der Waals surface area contributed by atoms with E-state index in [2.05, 4.69) is 4.98 Å². The molecule has 0 spiro atoms. The third kappa shape index (κ3) is 3.63. The van der Waals surface area contributed by atoms with Crippen LogP contribution in [-0.2, 0) is 4.79 Å². The number of aliphatic hydroxyl groups excluding tert-OH is 1. The van der Waals surface area contributed by atoms with Gasteiger partial charge in [-0.2, -0.15) is 0 Å². The number of benzene rings is 1. The monoisotopic (exact) mass is 345 g/mol. The standard InChI is InChI=1S/C17H19N3O3S/c1-12(21)19-7-8-20(10-14(22)9-19)17(23)16-18-15(11-24-16)13-5-3-2-4-6-13/h2-6,11,14,22H,7-10H2,1H3. The molecule has 7 heteroatoms. The summed E-state index contributed by atoms with van der Waals surface area (Å²) in [5.74, 6) is -0.296. The molecule has 2 aromatic rings. The van der Waals surface area contributed by atoms with E-state index in [0.29, 0.717) is 18.1 Å². The Hall–Kier alpha value is -2.25. The van der Waals surface area contributed by atoms with Crippen molar-refractivity contribution in [1.82, 2.24) is 14.8 Å². The molecule has 24 heavy (non-hydrogen) atoms. The van der Waals surface area contributed by atoms with E-state index in [0.717, 1.165) is 11.3 Å². The fraction of sp³-hybridized carbons (Fsp3) is 0.353. The Morgan fingerprint density at radius 3 is 2.54 bits per heavy atom. The molecule has 0 bridgehead atoms. The Morgan fingerprint density at radius 2 is 1.83 bits per heavy atom. The normalized spacial score (nSPS) is 18.3. The molecule has 1 fully saturated rings. The summed E-state index contributed by atoms with van der Waals surface area (Å²) in [4.78, 5) is 31.7. The van der Waals surface area contributed by atoms with Gasteiger partial charge >= 0.3 is 0 Å². The van der Waals surface area contributed by atoms with Crippen molar-refractivity contribution in [1.29, 1.82) is 0 Å². The number of thiazole rings is 1. The Bertz CT molecular complexity index is 732. The van der Waals surface area contributed by atoms with Gasteiger partial charge in [0.2, 0.25) is 5.91 Å². The highest BCUT2D eigenvalue weighted by molar-refractivity contribution is 7.12. The first-order valence-corrected chi connectivity index (χ1v) is 8.66. The summed E-state index contributed by atoms with van der Waals surface area (Å²) in [5, 5.41) is 12.3. The minimum absolute atomic E-state index is 0.0936. The van der Waals surface area contributed by atoms with Crippen LogP contribution in [0.5, 0.6) is 0 Å². The second-order valence-corrected chi connectivity index (χ2v) is 6.63. The number of aromatic nitrogens is 1. The minimum atomic E-state index is -0.742. The zero-order valence-electron chi connectivity index (χ0n) is 13.4. The van der Waals surface area contributed by atoms with E-state index in [-0.39, 0.29) is 24.9 Å². The van der Waals surface area contributed by atoms with Gasteiger partial charge in [-0.15, -0.1) is 11.3 Å². The summed E-state index contributed by atoms with van der Waals surface area (Å²) >= 11 is 1.30. The summed E-state index contributed by atoms with van der Waals surface area (Å²) in [6.45, 7) is 2.76. The average molecular weight is 345 g/mol. The lowest BCUT2D eigenvalue weighted by atomic mass is 10.2. The number of carbonyl (C=O) groups is 2. The van der Waals surface area contributed by atoms with Crippen molar-refractivity contribution in [3.8, 4) is 11.3 Å². The predicted molar refractivity (Wildman–Crippen MR) is 91.7 cm³/mol. The molecule has 1 aliphatic rings. The zero-order chi connectivity index (χ0) is 17.1. The third-order valence-corrected chi connectivity index (χ3v) is 4.82. The number of aliphatic hydroxyl groups is 1. The Kier molecular flexibility index (Phi) is 4.92. The van der Waals surface area contributed by atoms with Crippen LogP contribution in [0, 0.1) is 0 Å². The van der Waals surface area contributed by atoms with Gasteiger partial charge in [0, 0.05) is 44.0 Å². The molecule has 1 aromatic carbocycles. The van der Waals surface area contributed by atoms with Crippen LogP contribution in [0.3, 0.4) is 0 Å². The van der Waals surface area contributed by atoms with Gasteiger partial charge < -0.3 is 14.9 Å². The van der Waals surface area contributed by atoms with Crippen LogP contribution in [-0.4, -0.2) is 64.0 Å². The molecular formula is C17H19N3O3S. The van der Waals surface area contributed by atoms with Gasteiger partial charge in [-0.1, -0.05) is 30.3 Å². The van der Waals surface area contributed by atoms with Gasteiger partial charge in [0.05, 0.1) is 11.8 Å². The first-order chi connectivity index (χ1) is 11.5. The van der Waals surface area contributed by atoms with Crippen LogP contribution < -0.4 is 0 Å². The predicted octanol–water partition coefficient (Wildman–Crippen LogP) is 1.48. The summed E-state index contributed by atoms with van der Waals surface area (Å²) in [5.41, 5.74) is 1.73. The summed E-state index contributed by atoms with van der Waals surface area (Å²) < 4.78 is 0. The van der Waals surface area contributed by atoms with Crippen LogP contribution in [0.2, 0.25) is 0 Å². The number of hydrogen-bond acceptors (Lipinski definition) is 5. The number of hydrogen-bond donors (Lipinski definition) is 1. The van der Waals surface area contributed by atoms with Crippen LogP contribution in [0.25, 0.3) is 11.3 Å². The van der Waals surface area contributed by atoms with Crippen molar-refractivity contribution in [2.75, 3.05) is 26.2 Å². The maximum absolute atomic E-state index is 12.7. The number of rotatable bonds is 2. The fourth-order valence-corrected chi connectivity index (χ4v) is 3.50. The van der Waals surface area contributed by atoms with E-state index in [4.69, 9.17) is 0 Å². The van der Waals surface area contributed by atoms with E-state index >= 15 is 0 Å². The van der Waals surface area contributed by atoms with Gasteiger partial charge in [0.15, 0.2) is 5.01 Å². The Labute approximate surface area is 144 Å². The maximum Gasteiger partial charge on any atom is 0.283 e. The van der Waals surface area contributed by atoms with Gasteiger partial charge in [0.25, 0.3) is 5.91 Å². The van der Waals surface area contributed by atoms with E-state index < -0.39 is 6.10 Å². The van der Waals surface area contributed by atoms with E-state index in [1.807, 2.05) is 35.7 Å². The minimum Gasteiger partial charge on any atom is -0.389 e. The molecule has 1 saturated heterocycles. The van der Waals surface area contributed by atoms with Crippen molar-refractivity contribution in [3.05, 3.63) is 40.7 Å². The summed E-state index contributed by atoms with van der Waals surface area (Å²) in [6, 6.07) is 9.68. The molecule has 1 aromatic heterocycles. The Morgan fingerprint density at radius 1 is 1.17 bits per heavy atom. The smallest absolute Gasteiger partial charge is 0.283 e. The van der Waals surface area contributed by atoms with E-state index in [9.17, 15) is 14.7 Å². The van der Waals surface area contributed by atoms with Crippen molar-refractivity contribution >= 4 is 23.2 Å². The third-order valence-electron chi connectivity index (χ3n) is 3.99. The second kappa shape index (κ2) is 7.11. The fourth-order valence-electron chi connectivity index (χ4n) is 2.71. The molecule has 0 radical (unpaired) electrons. The molecule has 0 saturated carbocycles. The first kappa shape index (κ1) is 16.6. The number of amides is 2. The Balaban J connectivity index is 1.75. The van der Waals surface area contributed by atoms with Crippen molar-refractivity contribution < 1.29 is 14.7 Å². The molecule has 126 valence electrons. The number of β-amino-alcohol motifs (C(OH)–C–C–N with tert-alkyl or cyclic N) is 1. The first-order valence-electron chi connectivity index (χ1n) is 7.78. The van der Waals surface area contributed by atoms with Crippen LogP contribution in [0.15, 0.2) is 35.7 Å². The lowest BCUT2D eigenvalue weighted by molar-refractivity contribution is -0.129. The lowest BCUT2D eigenvalue weighted by Gasteiger charge is -2.20. The molecule has 0 aliphatic carbocycles. The average Bonchev–Trinajstić information content (AvgIpc) is 2.98. The SMILES string of the molecule is CC(=O)N1CCN(C(=O)c2nc(-c3ccccc3)cs2)CC(O)C1. The molecule has 6 nitrogen and oxygen atoms in total. The van der Waals surface area contributed by atoms with Crippen molar-refractivity contribution in [2.24, 2.45) is 0 Å². The van der Waals surface area contributed by atoms with Gasteiger partial charge in [-0.3, -0.25) is 9.59 Å². The van der Waals surface area contributed by atoms with Gasteiger partial charge in [-0.05, 0) is 0 Å². The number of nitrogens with zero attached hydrogens (tertiary/aromatic N) is 3. The van der Waals surface area contributed by atoms with Crippen molar-refractivity contribution in [3.63, 3.8) is 0 Å². The molecule has 2 amide bonds. The summed E-state index contributed by atoms with van der Waals surface area (Å²) in [7, 11) is 0. The summed E-state index contributed by atoms with van der Waals surface area (Å²) in [6.07, 6.45) is -0.742. The van der Waals surface area contributed by atoms with Gasteiger partial charge in [-0.25, -0.2) is 4.98 Å². The highest BCUT2D eigenvalue weighted by Gasteiger charge is 2.27. The van der Waals surface area contributed by atoms with Gasteiger partial charge in [0.1, 0.15) is 0 Å². The quantitative estimate of drug-likeness (QED) is 0.895. The zero-order valence-corrected chi connectivity index (χ0v) is 14.2. The topological polar surface area (TPSA) is 73.7 Å². The second-order valence-electron chi connectivity index (χ2n) is 5.77. The molecule has 1 N–H and O–H groups in total. The number of carbonyl (C=O) groups excluding carboxylic acids is 2. The molecule has 3 rings (SSSR count). The largest absolute Gasteiger partial charge is 0.389 e. The van der Waals surface area contributed by atoms with Crippen LogP contribution >= 0.6 is 11.3 Å². The highest BCUT2D eigenvalue weighted by Crippen LogP contribution is 2.22.